The van der Waals surface area contributed by atoms with Crippen LogP contribution in [0.2, 0.25) is 0 Å². The molecule has 0 aliphatic carbocycles. The Morgan fingerprint density at radius 3 is 2.33 bits per heavy atom. The number of aliphatic imine (C=N–C) groups is 2. The maximum atomic E-state index is 14.8. The number of nitrogens with one attached hydrogen (secondary N) is 1. The zero-order chi connectivity index (χ0) is 30.3. The lowest BCUT2D eigenvalue weighted by molar-refractivity contribution is -0.179. The van der Waals surface area contributed by atoms with E-state index in [1.165, 1.54) is 25.4 Å². The van der Waals surface area contributed by atoms with Crippen LogP contribution < -0.4 is 5.32 Å². The van der Waals surface area contributed by atoms with Crippen LogP contribution in [-0.4, -0.2) is 54.0 Å². The summed E-state index contributed by atoms with van der Waals surface area (Å²) in [4.78, 5) is 32.5. The van der Waals surface area contributed by atoms with Crippen LogP contribution in [0.5, 0.6) is 0 Å². The molecule has 43 heavy (non-hydrogen) atoms. The molecule has 1 saturated heterocycles. The van der Waals surface area contributed by atoms with Gasteiger partial charge in [0.25, 0.3) is 5.91 Å². The molecule has 0 bridgehead atoms. The highest BCUT2D eigenvalue weighted by atomic mass is 32.2. The van der Waals surface area contributed by atoms with Crippen LogP contribution in [0.25, 0.3) is 0 Å². The standard InChI is InChI=1S/C33H33F2N3O4S/c1-20(39)22-7-10-26(11-8-22)38-32(40)23-3-5-24(6-4-23)33-41-17-28(18-42-33)43-21(2)29(14-12-27-16-36-19-37-27)30-13-9-25(34)15-31(30)35/h3-11,13,15-16,19,21,27-29,33H,12,14,17-18H2,1-2H3,(H,38,40). The first kappa shape index (κ1) is 30.7. The number of carbonyl (C=O) groups excluding carboxylic acids is 2. The fourth-order valence-corrected chi connectivity index (χ4v) is 6.58. The molecule has 0 radical (unpaired) electrons. The molecule has 5 rings (SSSR count). The lowest BCUT2D eigenvalue weighted by atomic mass is 9.89. The molecule has 2 aliphatic rings. The van der Waals surface area contributed by atoms with E-state index in [1.54, 1.807) is 66.5 Å². The predicted molar refractivity (Wildman–Crippen MR) is 165 cm³/mol. The molecule has 3 atom stereocenters. The van der Waals surface area contributed by atoms with Gasteiger partial charge in [0.15, 0.2) is 12.1 Å². The van der Waals surface area contributed by atoms with Crippen molar-refractivity contribution < 1.29 is 27.8 Å². The van der Waals surface area contributed by atoms with E-state index in [9.17, 15) is 18.4 Å². The number of anilines is 1. The Balaban J connectivity index is 1.15. The average molecular weight is 606 g/mol. The number of hydrogen-bond acceptors (Lipinski definition) is 7. The highest BCUT2D eigenvalue weighted by molar-refractivity contribution is 8.00. The number of benzene rings is 3. The van der Waals surface area contributed by atoms with Gasteiger partial charge in [-0.2, -0.15) is 0 Å². The van der Waals surface area contributed by atoms with E-state index in [1.807, 2.05) is 0 Å². The second-order valence-corrected chi connectivity index (χ2v) is 12.3. The first-order chi connectivity index (χ1) is 20.8. The molecule has 2 heterocycles. The third-order valence-corrected chi connectivity index (χ3v) is 8.97. The Morgan fingerprint density at radius 2 is 1.70 bits per heavy atom. The quantitative estimate of drug-likeness (QED) is 0.238. The van der Waals surface area contributed by atoms with Crippen LogP contribution >= 0.6 is 11.8 Å². The van der Waals surface area contributed by atoms with E-state index in [0.29, 0.717) is 48.4 Å². The number of ketones is 1. The number of amides is 1. The Hall–Kier alpha value is -3.73. The monoisotopic (exact) mass is 605 g/mol. The minimum Gasteiger partial charge on any atom is -0.347 e. The summed E-state index contributed by atoms with van der Waals surface area (Å²) in [5.41, 5.74) is 2.95. The van der Waals surface area contributed by atoms with Gasteiger partial charge in [-0.25, -0.2) is 13.8 Å². The summed E-state index contributed by atoms with van der Waals surface area (Å²) in [6.07, 6.45) is 4.14. The first-order valence-electron chi connectivity index (χ1n) is 14.2. The highest BCUT2D eigenvalue weighted by Crippen LogP contribution is 2.38. The molecule has 3 aromatic carbocycles. The Kier molecular flexibility index (Phi) is 10.1. The predicted octanol–water partition coefficient (Wildman–Crippen LogP) is 7.00. The van der Waals surface area contributed by atoms with Crippen LogP contribution in [0, 0.1) is 11.6 Å². The molecular weight excluding hydrogens is 572 g/mol. The van der Waals surface area contributed by atoms with Gasteiger partial charge >= 0.3 is 0 Å². The van der Waals surface area contributed by atoms with Gasteiger partial charge in [0, 0.05) is 39.9 Å². The summed E-state index contributed by atoms with van der Waals surface area (Å²) >= 11 is 1.67. The summed E-state index contributed by atoms with van der Waals surface area (Å²) in [7, 11) is 0. The van der Waals surface area contributed by atoms with Crippen molar-refractivity contribution in [2.24, 2.45) is 9.98 Å². The number of thioether (sulfide) groups is 1. The van der Waals surface area contributed by atoms with Crippen LogP contribution in [0.4, 0.5) is 14.5 Å². The molecule has 0 spiro atoms. The van der Waals surface area contributed by atoms with Crippen molar-refractivity contribution in [3.63, 3.8) is 0 Å². The van der Waals surface area contributed by atoms with Crippen molar-refractivity contribution in [2.75, 3.05) is 18.5 Å². The minimum atomic E-state index is -0.595. The maximum Gasteiger partial charge on any atom is 0.255 e. The lowest BCUT2D eigenvalue weighted by Gasteiger charge is -2.33. The van der Waals surface area contributed by atoms with Gasteiger partial charge in [-0.05, 0) is 73.7 Å². The number of halogens is 2. The largest absolute Gasteiger partial charge is 0.347 e. The number of hydrogen-bond donors (Lipinski definition) is 1. The van der Waals surface area contributed by atoms with E-state index < -0.39 is 17.9 Å². The molecule has 7 nitrogen and oxygen atoms in total. The molecule has 224 valence electrons. The van der Waals surface area contributed by atoms with E-state index in [4.69, 9.17) is 9.47 Å². The molecule has 3 unspecified atom stereocenters. The molecule has 2 aliphatic heterocycles. The SMILES string of the molecule is CC(=O)c1ccc(NC(=O)c2ccc(C3OCC(SC(C)C(CCC4C=NC=N4)c4ccc(F)cc4F)CO3)cc2)cc1. The number of carbonyl (C=O) groups is 2. The molecule has 1 fully saturated rings. The van der Waals surface area contributed by atoms with Crippen LogP contribution in [0.3, 0.4) is 0 Å². The average Bonchev–Trinajstić information content (AvgIpc) is 3.53. The van der Waals surface area contributed by atoms with Gasteiger partial charge in [-0.3, -0.25) is 14.6 Å². The Morgan fingerprint density at radius 1 is 1.00 bits per heavy atom. The molecule has 1 N–H and O–H groups in total. The molecule has 1 amide bonds. The fraction of sp³-hybridized carbons (Fsp3) is 0.333. The smallest absolute Gasteiger partial charge is 0.255 e. The van der Waals surface area contributed by atoms with Gasteiger partial charge in [0.1, 0.15) is 18.0 Å². The summed E-state index contributed by atoms with van der Waals surface area (Å²) in [6.45, 7) is 4.43. The van der Waals surface area contributed by atoms with Gasteiger partial charge in [0.2, 0.25) is 0 Å². The van der Waals surface area contributed by atoms with Crippen LogP contribution in [0.15, 0.2) is 76.7 Å². The highest BCUT2D eigenvalue weighted by Gasteiger charge is 2.30. The number of Topliss-reactive ketones (excluding diaryl/α,β-unsaturated/α-hetero) is 1. The molecule has 10 heteroatoms. The number of rotatable bonds is 11. The van der Waals surface area contributed by atoms with Gasteiger partial charge in [-0.1, -0.05) is 25.1 Å². The van der Waals surface area contributed by atoms with Crippen molar-refractivity contribution in [3.8, 4) is 0 Å². The summed E-state index contributed by atoms with van der Waals surface area (Å²) in [6, 6.07) is 17.5. The van der Waals surface area contributed by atoms with Gasteiger partial charge in [0.05, 0.1) is 24.5 Å². The summed E-state index contributed by atoms with van der Waals surface area (Å²) in [5, 5.41) is 2.87. The minimum absolute atomic E-state index is 0.00694. The van der Waals surface area contributed by atoms with Crippen LogP contribution in [0.1, 0.15) is 70.7 Å². The summed E-state index contributed by atoms with van der Waals surface area (Å²) < 4.78 is 40.5. The molecule has 0 saturated carbocycles. The second kappa shape index (κ2) is 14.2. The van der Waals surface area contributed by atoms with E-state index in [2.05, 4.69) is 22.2 Å². The molecular formula is C33H33F2N3O4S. The van der Waals surface area contributed by atoms with Crippen molar-refractivity contribution >= 4 is 41.7 Å². The van der Waals surface area contributed by atoms with E-state index in [0.717, 1.165) is 11.6 Å². The third kappa shape index (κ3) is 8.01. The second-order valence-electron chi connectivity index (χ2n) is 10.7. The first-order valence-corrected chi connectivity index (χ1v) is 15.1. The van der Waals surface area contributed by atoms with Crippen molar-refractivity contribution in [2.45, 2.75) is 55.4 Å². The third-order valence-electron chi connectivity index (χ3n) is 7.55. The number of ether oxygens (including phenoxy) is 2. The lowest BCUT2D eigenvalue weighted by Crippen LogP contribution is -2.31. The fourth-order valence-electron chi connectivity index (χ4n) is 5.18. The summed E-state index contributed by atoms with van der Waals surface area (Å²) in [5.74, 6) is -1.59. The Bertz CT molecular complexity index is 1480. The topological polar surface area (TPSA) is 89.4 Å². The number of nitrogens with zero attached hydrogens (tertiary/aromatic N) is 2. The maximum absolute atomic E-state index is 14.8. The molecule has 0 aromatic heterocycles. The normalized spacial score (nSPS) is 21.0. The van der Waals surface area contributed by atoms with Crippen LogP contribution in [-0.2, 0) is 9.47 Å². The van der Waals surface area contributed by atoms with E-state index in [-0.39, 0.29) is 34.2 Å². The van der Waals surface area contributed by atoms with Gasteiger partial charge < -0.3 is 14.8 Å². The zero-order valence-corrected chi connectivity index (χ0v) is 24.7. The van der Waals surface area contributed by atoms with E-state index >= 15 is 0 Å². The van der Waals surface area contributed by atoms with Crippen molar-refractivity contribution in [1.82, 2.24) is 0 Å². The molecule has 3 aromatic rings. The Labute approximate surface area is 253 Å². The zero-order valence-electron chi connectivity index (χ0n) is 23.9. The van der Waals surface area contributed by atoms with Gasteiger partial charge in [-0.15, -0.1) is 11.8 Å². The van der Waals surface area contributed by atoms with Crippen molar-refractivity contribution in [3.05, 3.63) is 101 Å². The van der Waals surface area contributed by atoms with Crippen molar-refractivity contribution in [1.29, 1.82) is 0 Å².